The van der Waals surface area contributed by atoms with E-state index in [-0.39, 0.29) is 18.2 Å². The van der Waals surface area contributed by atoms with Gasteiger partial charge < -0.3 is 24.3 Å². The lowest BCUT2D eigenvalue weighted by Crippen LogP contribution is -2.44. The third kappa shape index (κ3) is 6.41. The standard InChI is InChI=1S/C20H32N6O4Si/c1-29-20(28)26-8-5-6-15(26)12-22-19(27)24-17-13-21-18-16(23-17)7-9-25(18)14-30-10-11-31(2,3)4/h7,9,13,15H,5-6,8,10-12,14H2,1-4H3,(H2,22,23,24,27). The molecule has 0 spiro atoms. The fourth-order valence-corrected chi connectivity index (χ4v) is 4.20. The van der Waals surface area contributed by atoms with Crippen LogP contribution < -0.4 is 10.6 Å². The molecule has 1 atom stereocenters. The molecule has 10 nitrogen and oxygen atoms in total. The molecule has 0 aromatic carbocycles. The van der Waals surface area contributed by atoms with Gasteiger partial charge in [-0.15, -0.1) is 0 Å². The Morgan fingerprint density at radius 1 is 1.32 bits per heavy atom. The minimum atomic E-state index is -1.12. The van der Waals surface area contributed by atoms with Crippen LogP contribution in [0.3, 0.4) is 0 Å². The molecule has 2 aromatic rings. The summed E-state index contributed by atoms with van der Waals surface area (Å²) in [4.78, 5) is 34.5. The van der Waals surface area contributed by atoms with Gasteiger partial charge in [-0.05, 0) is 25.0 Å². The van der Waals surface area contributed by atoms with Gasteiger partial charge in [0.15, 0.2) is 11.5 Å². The first-order valence-electron chi connectivity index (χ1n) is 10.6. The third-order valence-electron chi connectivity index (χ3n) is 5.22. The maximum Gasteiger partial charge on any atom is 0.409 e. The van der Waals surface area contributed by atoms with Crippen molar-refractivity contribution in [3.63, 3.8) is 0 Å². The number of hydrogen-bond acceptors (Lipinski definition) is 6. The van der Waals surface area contributed by atoms with Crippen LogP contribution in [-0.2, 0) is 16.2 Å². The number of nitrogens with one attached hydrogen (secondary N) is 2. The summed E-state index contributed by atoms with van der Waals surface area (Å²) in [6, 6.07) is 2.50. The van der Waals surface area contributed by atoms with Gasteiger partial charge in [0.1, 0.15) is 12.2 Å². The molecule has 3 rings (SSSR count). The number of rotatable bonds is 8. The molecule has 3 heterocycles. The molecular formula is C20H32N6O4Si. The number of carbonyl (C=O) groups excluding carboxylic acids is 2. The highest BCUT2D eigenvalue weighted by Crippen LogP contribution is 2.18. The number of nitrogens with zero attached hydrogens (tertiary/aromatic N) is 4. The molecule has 1 unspecified atom stereocenters. The molecule has 0 bridgehead atoms. The highest BCUT2D eigenvalue weighted by molar-refractivity contribution is 6.76. The number of ether oxygens (including phenoxy) is 2. The Hall–Kier alpha value is -2.66. The SMILES string of the molecule is COC(=O)N1CCCC1CNC(=O)Nc1cnc2c(ccn2COCC[Si](C)(C)C)n1. The van der Waals surface area contributed by atoms with E-state index in [9.17, 15) is 9.59 Å². The van der Waals surface area contributed by atoms with E-state index in [1.54, 1.807) is 4.90 Å². The molecular weight excluding hydrogens is 416 g/mol. The monoisotopic (exact) mass is 448 g/mol. The molecule has 0 radical (unpaired) electrons. The Balaban J connectivity index is 1.50. The van der Waals surface area contributed by atoms with E-state index in [1.165, 1.54) is 13.3 Å². The summed E-state index contributed by atoms with van der Waals surface area (Å²) in [5, 5.41) is 5.49. The lowest BCUT2D eigenvalue weighted by atomic mass is 10.2. The maximum atomic E-state index is 12.3. The quantitative estimate of drug-likeness (QED) is 0.474. The lowest BCUT2D eigenvalue weighted by molar-refractivity contribution is 0.0899. The van der Waals surface area contributed by atoms with E-state index in [0.29, 0.717) is 36.8 Å². The fourth-order valence-electron chi connectivity index (χ4n) is 3.44. The second-order valence-electron chi connectivity index (χ2n) is 8.89. The number of methoxy groups -OCH3 is 1. The summed E-state index contributed by atoms with van der Waals surface area (Å²) in [6.45, 7) is 9.11. The zero-order valence-electron chi connectivity index (χ0n) is 18.7. The summed E-state index contributed by atoms with van der Waals surface area (Å²) in [5.74, 6) is 0.360. The van der Waals surface area contributed by atoms with Crippen LogP contribution in [0.25, 0.3) is 11.2 Å². The molecule has 3 amide bonds. The van der Waals surface area contributed by atoms with E-state index in [0.717, 1.165) is 25.5 Å². The number of amides is 3. The average Bonchev–Trinajstić information content (AvgIpc) is 3.35. The molecule has 1 fully saturated rings. The zero-order chi connectivity index (χ0) is 22.4. The van der Waals surface area contributed by atoms with Crippen LogP contribution in [-0.4, -0.2) is 72.5 Å². The van der Waals surface area contributed by atoms with Crippen LogP contribution in [0.2, 0.25) is 25.7 Å². The normalized spacial score (nSPS) is 16.5. The van der Waals surface area contributed by atoms with Crippen molar-refractivity contribution in [1.82, 2.24) is 24.8 Å². The summed E-state index contributed by atoms with van der Waals surface area (Å²) in [6.07, 6.45) is 4.76. The molecule has 11 heteroatoms. The zero-order valence-corrected chi connectivity index (χ0v) is 19.7. The Morgan fingerprint density at radius 2 is 2.13 bits per heavy atom. The maximum absolute atomic E-state index is 12.3. The lowest BCUT2D eigenvalue weighted by Gasteiger charge is -2.23. The van der Waals surface area contributed by atoms with Crippen molar-refractivity contribution in [2.75, 3.05) is 32.1 Å². The molecule has 0 saturated carbocycles. The molecule has 1 aliphatic heterocycles. The first kappa shape index (κ1) is 23.0. The van der Waals surface area contributed by atoms with Crippen molar-refractivity contribution in [2.45, 2.75) is 51.3 Å². The van der Waals surface area contributed by atoms with Crippen molar-refractivity contribution in [3.8, 4) is 0 Å². The minimum Gasteiger partial charge on any atom is -0.453 e. The highest BCUT2D eigenvalue weighted by atomic mass is 28.3. The first-order chi connectivity index (χ1) is 14.8. The fraction of sp³-hybridized carbons (Fsp3) is 0.600. The molecule has 1 saturated heterocycles. The van der Waals surface area contributed by atoms with Gasteiger partial charge in [0, 0.05) is 34.0 Å². The minimum absolute atomic E-state index is 0.0678. The third-order valence-corrected chi connectivity index (χ3v) is 6.92. The predicted molar refractivity (Wildman–Crippen MR) is 121 cm³/mol. The van der Waals surface area contributed by atoms with E-state index in [1.807, 2.05) is 16.8 Å². The van der Waals surface area contributed by atoms with Crippen molar-refractivity contribution in [3.05, 3.63) is 18.5 Å². The number of anilines is 1. The van der Waals surface area contributed by atoms with Crippen LogP contribution in [0.4, 0.5) is 15.4 Å². The van der Waals surface area contributed by atoms with Crippen molar-refractivity contribution in [1.29, 1.82) is 0 Å². The second kappa shape index (κ2) is 10.1. The summed E-state index contributed by atoms with van der Waals surface area (Å²) in [7, 11) is 0.243. The van der Waals surface area contributed by atoms with E-state index >= 15 is 0 Å². The number of likely N-dealkylation sites (tertiary alicyclic amines) is 1. The topological polar surface area (TPSA) is 111 Å². The number of aromatic nitrogens is 3. The molecule has 170 valence electrons. The summed E-state index contributed by atoms with van der Waals surface area (Å²) >= 11 is 0. The summed E-state index contributed by atoms with van der Waals surface area (Å²) in [5.41, 5.74) is 1.39. The molecule has 0 aliphatic carbocycles. The van der Waals surface area contributed by atoms with Gasteiger partial charge in [0.05, 0.1) is 19.3 Å². The van der Waals surface area contributed by atoms with Crippen molar-refractivity contribution >= 4 is 37.2 Å². The van der Waals surface area contributed by atoms with Crippen molar-refractivity contribution < 1.29 is 19.1 Å². The smallest absolute Gasteiger partial charge is 0.409 e. The van der Waals surface area contributed by atoms with E-state index < -0.39 is 8.07 Å². The van der Waals surface area contributed by atoms with Gasteiger partial charge in [-0.3, -0.25) is 5.32 Å². The van der Waals surface area contributed by atoms with Gasteiger partial charge in [-0.2, -0.15) is 0 Å². The number of carbonyl (C=O) groups is 2. The van der Waals surface area contributed by atoms with Crippen LogP contribution >= 0.6 is 0 Å². The highest BCUT2D eigenvalue weighted by Gasteiger charge is 2.29. The van der Waals surface area contributed by atoms with E-state index in [4.69, 9.17) is 9.47 Å². The van der Waals surface area contributed by atoms with Crippen LogP contribution in [0.5, 0.6) is 0 Å². The number of urea groups is 1. The van der Waals surface area contributed by atoms with Crippen molar-refractivity contribution in [2.24, 2.45) is 0 Å². The van der Waals surface area contributed by atoms with Gasteiger partial charge in [0.2, 0.25) is 0 Å². The Bertz CT molecular complexity index is 913. The van der Waals surface area contributed by atoms with Gasteiger partial charge >= 0.3 is 12.1 Å². The molecule has 1 aliphatic rings. The summed E-state index contributed by atoms with van der Waals surface area (Å²) < 4.78 is 12.5. The van der Waals surface area contributed by atoms with Crippen LogP contribution in [0.15, 0.2) is 18.5 Å². The predicted octanol–water partition coefficient (Wildman–Crippen LogP) is 3.10. The van der Waals surface area contributed by atoms with Crippen LogP contribution in [0.1, 0.15) is 12.8 Å². The van der Waals surface area contributed by atoms with E-state index in [2.05, 4.69) is 40.2 Å². The van der Waals surface area contributed by atoms with Gasteiger partial charge in [0.25, 0.3) is 0 Å². The average molecular weight is 449 g/mol. The van der Waals surface area contributed by atoms with Crippen LogP contribution in [0, 0.1) is 0 Å². The Kier molecular flexibility index (Phi) is 7.49. The molecule has 2 N–H and O–H groups in total. The number of hydrogen-bond donors (Lipinski definition) is 2. The Morgan fingerprint density at radius 3 is 2.87 bits per heavy atom. The molecule has 2 aromatic heterocycles. The van der Waals surface area contributed by atoms with Gasteiger partial charge in [-0.25, -0.2) is 19.6 Å². The number of fused-ring (bicyclic) bond motifs is 1. The molecule has 31 heavy (non-hydrogen) atoms. The second-order valence-corrected chi connectivity index (χ2v) is 14.5. The Labute approximate surface area is 183 Å². The first-order valence-corrected chi connectivity index (χ1v) is 14.3. The largest absolute Gasteiger partial charge is 0.453 e. The van der Waals surface area contributed by atoms with Gasteiger partial charge in [-0.1, -0.05) is 19.6 Å².